The average molecular weight is 798 g/mol. The third-order valence-corrected chi connectivity index (χ3v) is 7.04. The molecule has 5 N–H and O–H groups in total. The van der Waals surface area contributed by atoms with E-state index >= 15 is 0 Å². The maximum atomic E-state index is 11.2. The Morgan fingerprint density at radius 1 is 0.909 bits per heavy atom. The fraction of sp³-hybridized carbons (Fsp3) is 0.300. The first-order chi connectivity index (χ1) is 15.5. The van der Waals surface area contributed by atoms with E-state index < -0.39 is 42.6 Å². The molecule has 3 rings (SSSR count). The summed E-state index contributed by atoms with van der Waals surface area (Å²) in [5, 5.41) is 48.0. The Morgan fingerprint density at radius 3 is 2.09 bits per heavy atom. The quantitative estimate of drug-likeness (QED) is 0.263. The van der Waals surface area contributed by atoms with Crippen molar-refractivity contribution in [3.63, 3.8) is 0 Å². The van der Waals surface area contributed by atoms with Gasteiger partial charge in [0.15, 0.2) is 11.9 Å². The van der Waals surface area contributed by atoms with E-state index in [1.54, 1.807) is 24.3 Å². The first-order valence-corrected chi connectivity index (χ1v) is 12.5. The van der Waals surface area contributed by atoms with Gasteiger partial charge in [-0.05, 0) is 104 Å². The summed E-state index contributed by atoms with van der Waals surface area (Å²) in [6.45, 7) is 0. The van der Waals surface area contributed by atoms with Crippen molar-refractivity contribution in [3.8, 4) is 17.2 Å². The third kappa shape index (κ3) is 6.37. The van der Waals surface area contributed by atoms with E-state index in [1.165, 1.54) is 6.07 Å². The van der Waals surface area contributed by atoms with E-state index in [0.717, 1.165) is 7.14 Å². The maximum absolute atomic E-state index is 11.2. The Kier molecular flexibility index (Phi) is 9.00. The lowest BCUT2D eigenvalue weighted by molar-refractivity contribution is -0.271. The Labute approximate surface area is 228 Å². The van der Waals surface area contributed by atoms with Crippen LogP contribution in [0.4, 0.5) is 0 Å². The number of hydrogen-bond acceptors (Lipinski definition) is 8. The number of carboxylic acids is 2. The van der Waals surface area contributed by atoms with Gasteiger partial charge in [0.05, 0.1) is 17.1 Å². The number of rotatable bonds is 7. The minimum absolute atomic E-state index is 0.0975. The molecule has 0 bridgehead atoms. The van der Waals surface area contributed by atoms with Gasteiger partial charge in [0.25, 0.3) is 0 Å². The second kappa shape index (κ2) is 11.2. The van der Waals surface area contributed by atoms with Crippen LogP contribution in [0.2, 0.25) is 0 Å². The Bertz CT molecular complexity index is 1040. The molecule has 2 aromatic carbocycles. The van der Waals surface area contributed by atoms with Crippen LogP contribution in [-0.4, -0.2) is 68.2 Å². The topological polar surface area (TPSA) is 163 Å². The molecule has 10 nitrogen and oxygen atoms in total. The zero-order valence-corrected chi connectivity index (χ0v) is 22.9. The number of carboxylic acid groups (broad SMARTS) is 2. The lowest BCUT2D eigenvalue weighted by Crippen LogP contribution is -2.61. The fourth-order valence-corrected chi connectivity index (χ4v) is 5.75. The van der Waals surface area contributed by atoms with Gasteiger partial charge >= 0.3 is 11.9 Å². The predicted octanol–water partition coefficient (Wildman–Crippen LogP) is 2.19. The van der Waals surface area contributed by atoms with Crippen molar-refractivity contribution in [2.75, 3.05) is 0 Å². The van der Waals surface area contributed by atoms with Gasteiger partial charge in [0, 0.05) is 0 Å². The molecule has 0 unspecified atom stereocenters. The van der Waals surface area contributed by atoms with Gasteiger partial charge in [-0.2, -0.15) is 0 Å². The highest BCUT2D eigenvalue weighted by atomic mass is 127. The van der Waals surface area contributed by atoms with Crippen molar-refractivity contribution in [2.24, 2.45) is 0 Å². The maximum Gasteiger partial charge on any atom is 0.335 e. The molecular weight excluding hydrogens is 781 g/mol. The number of halogens is 3. The number of aliphatic hydroxyl groups excluding tert-OH is 3. The standard InChI is InChI=1S/C20H17I3O10/c21-9-6-8(31-17-10(22)3-7(4-11(17)23)5-13(24)25)1-2-12(9)32-20-16(28)14(26)15(27)18(33-20)19(29)30/h1-4,6,14-16,18,20,26-28H,5H2,(H,24,25)(H,29,30)/t14-,15-,16+,18-,20+/m0/s1. The lowest BCUT2D eigenvalue weighted by Gasteiger charge is -2.38. The number of hydrogen-bond donors (Lipinski definition) is 5. The number of ether oxygens (including phenoxy) is 3. The average Bonchev–Trinajstić information content (AvgIpc) is 2.72. The molecule has 1 aliphatic heterocycles. The van der Waals surface area contributed by atoms with Gasteiger partial charge in [0.1, 0.15) is 29.8 Å². The van der Waals surface area contributed by atoms with Crippen LogP contribution in [-0.2, 0) is 20.7 Å². The fourth-order valence-electron chi connectivity index (χ4n) is 3.02. The van der Waals surface area contributed by atoms with Crippen LogP contribution < -0.4 is 9.47 Å². The monoisotopic (exact) mass is 798 g/mol. The highest BCUT2D eigenvalue weighted by Crippen LogP contribution is 2.36. The Hall–Kier alpha value is -0.990. The van der Waals surface area contributed by atoms with Gasteiger partial charge in [-0.3, -0.25) is 4.79 Å². The van der Waals surface area contributed by atoms with Gasteiger partial charge in [0.2, 0.25) is 6.29 Å². The van der Waals surface area contributed by atoms with Gasteiger partial charge in [-0.15, -0.1) is 0 Å². The molecule has 0 spiro atoms. The van der Waals surface area contributed by atoms with Crippen molar-refractivity contribution in [1.82, 2.24) is 0 Å². The summed E-state index contributed by atoms with van der Waals surface area (Å²) in [5.74, 6) is -1.18. The normalized spacial score (nSPS) is 24.8. The van der Waals surface area contributed by atoms with Gasteiger partial charge in [-0.25, -0.2) is 4.79 Å². The molecule has 1 saturated heterocycles. The van der Waals surface area contributed by atoms with Crippen LogP contribution in [0, 0.1) is 10.7 Å². The summed E-state index contributed by atoms with van der Waals surface area (Å²) in [5.41, 5.74) is 0.653. The summed E-state index contributed by atoms with van der Waals surface area (Å²) in [7, 11) is 0. The molecule has 2 aromatic rings. The summed E-state index contributed by atoms with van der Waals surface area (Å²) >= 11 is 6.08. The molecule has 0 aromatic heterocycles. The molecule has 13 heteroatoms. The second-order valence-electron chi connectivity index (χ2n) is 7.01. The second-order valence-corrected chi connectivity index (χ2v) is 10.5. The zero-order valence-electron chi connectivity index (χ0n) is 16.4. The van der Waals surface area contributed by atoms with Crippen molar-refractivity contribution in [2.45, 2.75) is 37.1 Å². The van der Waals surface area contributed by atoms with Gasteiger partial charge < -0.3 is 39.7 Å². The number of carbonyl (C=O) groups is 2. The molecule has 0 radical (unpaired) electrons. The molecule has 1 heterocycles. The van der Waals surface area contributed by atoms with Crippen molar-refractivity contribution < 1.29 is 49.3 Å². The number of aliphatic hydroxyl groups is 3. The molecule has 0 amide bonds. The summed E-state index contributed by atoms with van der Waals surface area (Å²) in [6, 6.07) is 8.22. The molecule has 5 atom stereocenters. The highest BCUT2D eigenvalue weighted by Gasteiger charge is 2.48. The molecule has 0 saturated carbocycles. The molecule has 1 aliphatic rings. The van der Waals surface area contributed by atoms with Crippen LogP contribution in [0.1, 0.15) is 5.56 Å². The van der Waals surface area contributed by atoms with E-state index in [0.29, 0.717) is 20.6 Å². The van der Waals surface area contributed by atoms with Crippen LogP contribution in [0.5, 0.6) is 17.2 Å². The van der Waals surface area contributed by atoms with Crippen LogP contribution in [0.25, 0.3) is 0 Å². The summed E-state index contributed by atoms with van der Waals surface area (Å²) in [6.07, 6.45) is -8.62. The molecule has 1 fully saturated rings. The van der Waals surface area contributed by atoms with Crippen LogP contribution >= 0.6 is 67.8 Å². The summed E-state index contributed by atoms with van der Waals surface area (Å²) < 4.78 is 18.7. The molecule has 0 aliphatic carbocycles. The van der Waals surface area contributed by atoms with E-state index in [1.807, 2.05) is 22.6 Å². The van der Waals surface area contributed by atoms with E-state index in [2.05, 4.69) is 45.2 Å². The Morgan fingerprint density at radius 2 is 1.55 bits per heavy atom. The molecular formula is C20H17I3O10. The van der Waals surface area contributed by atoms with Crippen LogP contribution in [0.3, 0.4) is 0 Å². The minimum Gasteiger partial charge on any atom is -0.481 e. The van der Waals surface area contributed by atoms with Crippen molar-refractivity contribution in [3.05, 3.63) is 46.6 Å². The zero-order chi connectivity index (χ0) is 24.4. The largest absolute Gasteiger partial charge is 0.481 e. The molecule has 178 valence electrons. The number of aliphatic carboxylic acids is 2. The van der Waals surface area contributed by atoms with Crippen LogP contribution in [0.15, 0.2) is 30.3 Å². The smallest absolute Gasteiger partial charge is 0.335 e. The third-order valence-electron chi connectivity index (χ3n) is 4.59. The molecule has 33 heavy (non-hydrogen) atoms. The van der Waals surface area contributed by atoms with E-state index in [4.69, 9.17) is 24.4 Å². The highest BCUT2D eigenvalue weighted by molar-refractivity contribution is 14.1. The minimum atomic E-state index is -1.81. The van der Waals surface area contributed by atoms with Crippen molar-refractivity contribution >= 4 is 79.7 Å². The first kappa shape index (κ1) is 26.6. The Balaban J connectivity index is 1.77. The lowest BCUT2D eigenvalue weighted by atomic mass is 9.99. The number of benzene rings is 2. The SMILES string of the molecule is O=C(O)Cc1cc(I)c(Oc2ccc(O[C@@H]3O[C@H](C(=O)O)[C@@H](O)[C@H](O)[C@H]3O)c(I)c2)c(I)c1. The van der Waals surface area contributed by atoms with E-state index in [-0.39, 0.29) is 12.2 Å². The first-order valence-electron chi connectivity index (χ1n) is 9.24. The van der Waals surface area contributed by atoms with Gasteiger partial charge in [-0.1, -0.05) is 0 Å². The van der Waals surface area contributed by atoms with Crippen molar-refractivity contribution in [1.29, 1.82) is 0 Å². The summed E-state index contributed by atoms with van der Waals surface area (Å²) in [4.78, 5) is 22.2. The van der Waals surface area contributed by atoms with E-state index in [9.17, 15) is 24.9 Å². The predicted molar refractivity (Wildman–Crippen MR) is 137 cm³/mol.